The summed E-state index contributed by atoms with van der Waals surface area (Å²) in [5.41, 5.74) is 7.99. The largest absolute Gasteiger partial charge is 0.332 e. The van der Waals surface area contributed by atoms with Gasteiger partial charge in [0.25, 0.3) is 0 Å². The molecule has 3 aromatic carbocycles. The first-order valence-corrected chi connectivity index (χ1v) is 12.0. The van der Waals surface area contributed by atoms with Crippen molar-refractivity contribution in [3.05, 3.63) is 88.4 Å². The smallest absolute Gasteiger partial charge is 0.237 e. The maximum absolute atomic E-state index is 12.9. The molecule has 0 bridgehead atoms. The van der Waals surface area contributed by atoms with Crippen molar-refractivity contribution in [2.45, 2.75) is 38.1 Å². The van der Waals surface area contributed by atoms with E-state index in [0.29, 0.717) is 10.2 Å². The lowest BCUT2D eigenvalue weighted by Crippen LogP contribution is -2.23. The Kier molecular flexibility index (Phi) is 6.91. The number of hydrogen-bond acceptors (Lipinski definition) is 3. The van der Waals surface area contributed by atoms with Crippen molar-refractivity contribution in [2.75, 3.05) is 5.32 Å². The molecular formula is C27H26ClN3OS. The normalized spacial score (nSPS) is 11.9. The summed E-state index contributed by atoms with van der Waals surface area (Å²) in [6, 6.07) is 22.2. The highest BCUT2D eigenvalue weighted by Gasteiger charge is 2.20. The number of carbonyl (C=O) groups is 1. The van der Waals surface area contributed by atoms with Crippen LogP contribution in [-0.4, -0.2) is 21.1 Å². The summed E-state index contributed by atoms with van der Waals surface area (Å²) in [6.45, 7) is 7.96. The van der Waals surface area contributed by atoms with Crippen LogP contribution < -0.4 is 5.32 Å². The predicted octanol–water partition coefficient (Wildman–Crippen LogP) is 7.44. The molecular weight excluding hydrogens is 450 g/mol. The number of H-pyrrole nitrogens is 1. The Morgan fingerprint density at radius 2 is 1.55 bits per heavy atom. The zero-order valence-corrected chi connectivity index (χ0v) is 20.6. The van der Waals surface area contributed by atoms with E-state index < -0.39 is 0 Å². The first-order chi connectivity index (χ1) is 15.8. The third-order valence-corrected chi connectivity index (χ3v) is 6.68. The summed E-state index contributed by atoms with van der Waals surface area (Å²) in [5, 5.41) is 3.92. The molecule has 1 unspecified atom stereocenters. The number of amides is 1. The van der Waals surface area contributed by atoms with E-state index in [-0.39, 0.29) is 11.2 Å². The molecule has 1 atom stereocenters. The fourth-order valence-corrected chi connectivity index (χ4v) is 4.42. The van der Waals surface area contributed by atoms with Gasteiger partial charge in [0, 0.05) is 21.8 Å². The summed E-state index contributed by atoms with van der Waals surface area (Å²) < 4.78 is 0. The molecule has 0 aliphatic heterocycles. The minimum Gasteiger partial charge on any atom is -0.332 e. The van der Waals surface area contributed by atoms with Gasteiger partial charge in [-0.25, -0.2) is 4.98 Å². The van der Waals surface area contributed by atoms with Crippen LogP contribution in [0.4, 0.5) is 5.69 Å². The predicted molar refractivity (Wildman–Crippen MR) is 139 cm³/mol. The number of carbonyl (C=O) groups excluding carboxylic acids is 1. The van der Waals surface area contributed by atoms with E-state index in [4.69, 9.17) is 16.6 Å². The van der Waals surface area contributed by atoms with Crippen LogP contribution in [0.2, 0.25) is 5.02 Å². The third kappa shape index (κ3) is 5.49. The fourth-order valence-electron chi connectivity index (χ4n) is 3.44. The number of aromatic amines is 1. The number of imidazole rings is 1. The van der Waals surface area contributed by atoms with Crippen LogP contribution >= 0.6 is 23.4 Å². The fraction of sp³-hybridized carbons (Fsp3) is 0.185. The van der Waals surface area contributed by atoms with E-state index in [2.05, 4.69) is 72.7 Å². The summed E-state index contributed by atoms with van der Waals surface area (Å²) in [5.74, 6) is -0.101. The van der Waals surface area contributed by atoms with Crippen LogP contribution in [0.1, 0.15) is 23.6 Å². The molecule has 0 aliphatic carbocycles. The second-order valence-corrected chi connectivity index (χ2v) is 9.97. The summed E-state index contributed by atoms with van der Waals surface area (Å²) in [6.07, 6.45) is 0. The molecule has 33 heavy (non-hydrogen) atoms. The molecule has 168 valence electrons. The van der Waals surface area contributed by atoms with Crippen molar-refractivity contribution < 1.29 is 4.79 Å². The molecule has 1 heterocycles. The summed E-state index contributed by atoms with van der Waals surface area (Å²) in [4.78, 5) is 21.2. The number of benzene rings is 3. The highest BCUT2D eigenvalue weighted by molar-refractivity contribution is 8.00. The van der Waals surface area contributed by atoms with Gasteiger partial charge in [0.1, 0.15) is 0 Å². The molecule has 4 nitrogen and oxygen atoms in total. The molecule has 0 spiro atoms. The van der Waals surface area contributed by atoms with E-state index in [1.54, 1.807) is 6.07 Å². The van der Waals surface area contributed by atoms with Gasteiger partial charge in [-0.15, -0.1) is 0 Å². The highest BCUT2D eigenvalue weighted by atomic mass is 35.5. The third-order valence-electron chi connectivity index (χ3n) is 5.46. The van der Waals surface area contributed by atoms with Gasteiger partial charge in [-0.1, -0.05) is 89.1 Å². The van der Waals surface area contributed by atoms with E-state index in [1.165, 1.54) is 22.9 Å². The van der Waals surface area contributed by atoms with E-state index in [9.17, 15) is 4.79 Å². The molecule has 4 aromatic rings. The van der Waals surface area contributed by atoms with Crippen LogP contribution in [-0.2, 0) is 4.79 Å². The summed E-state index contributed by atoms with van der Waals surface area (Å²) in [7, 11) is 0. The number of anilines is 1. The lowest BCUT2D eigenvalue weighted by atomic mass is 10.0. The molecule has 6 heteroatoms. The van der Waals surface area contributed by atoms with Crippen LogP contribution in [0, 0.1) is 20.8 Å². The van der Waals surface area contributed by atoms with Gasteiger partial charge in [0.2, 0.25) is 5.91 Å². The molecule has 0 saturated heterocycles. The van der Waals surface area contributed by atoms with E-state index >= 15 is 0 Å². The van der Waals surface area contributed by atoms with Crippen molar-refractivity contribution >= 4 is 35.0 Å². The van der Waals surface area contributed by atoms with E-state index in [1.807, 2.05) is 26.0 Å². The average Bonchev–Trinajstić information content (AvgIpc) is 3.21. The zero-order chi connectivity index (χ0) is 23.5. The van der Waals surface area contributed by atoms with Gasteiger partial charge < -0.3 is 10.3 Å². The van der Waals surface area contributed by atoms with Gasteiger partial charge >= 0.3 is 0 Å². The van der Waals surface area contributed by atoms with Gasteiger partial charge in [-0.3, -0.25) is 4.79 Å². The second-order valence-electron chi connectivity index (χ2n) is 8.21. The molecule has 2 N–H and O–H groups in total. The van der Waals surface area contributed by atoms with Crippen LogP contribution in [0.3, 0.4) is 0 Å². The molecule has 0 radical (unpaired) electrons. The monoisotopic (exact) mass is 475 g/mol. The Balaban J connectivity index is 1.61. The number of aromatic nitrogens is 2. The Morgan fingerprint density at radius 1 is 0.939 bits per heavy atom. The number of thioether (sulfide) groups is 1. The Morgan fingerprint density at radius 3 is 2.18 bits per heavy atom. The van der Waals surface area contributed by atoms with Crippen LogP contribution in [0.25, 0.3) is 22.5 Å². The molecule has 0 aliphatic rings. The zero-order valence-electron chi connectivity index (χ0n) is 19.1. The number of halogens is 1. The van der Waals surface area contributed by atoms with Gasteiger partial charge in [-0.2, -0.15) is 0 Å². The topological polar surface area (TPSA) is 57.8 Å². The Hall–Kier alpha value is -3.02. The lowest BCUT2D eigenvalue weighted by molar-refractivity contribution is -0.115. The number of aryl methyl sites for hydroxylation is 3. The van der Waals surface area contributed by atoms with Crippen molar-refractivity contribution in [2.24, 2.45) is 0 Å². The number of rotatable bonds is 6. The van der Waals surface area contributed by atoms with Gasteiger partial charge in [-0.05, 0) is 45.4 Å². The van der Waals surface area contributed by atoms with Crippen molar-refractivity contribution in [1.29, 1.82) is 0 Å². The van der Waals surface area contributed by atoms with Crippen molar-refractivity contribution in [3.63, 3.8) is 0 Å². The highest BCUT2D eigenvalue weighted by Crippen LogP contribution is 2.34. The number of nitrogens with zero attached hydrogens (tertiary/aromatic N) is 1. The standard InChI is InChI=1S/C27H26ClN3OS/c1-16-5-10-20(11-6-16)24-25(21-12-7-17(2)8-13-21)31-27(30-24)33-19(4)26(32)29-23-15-22(28)14-9-18(23)3/h5-15,19H,1-4H3,(H,29,32)(H,30,31). The van der Waals surface area contributed by atoms with Crippen molar-refractivity contribution in [3.8, 4) is 22.5 Å². The lowest BCUT2D eigenvalue weighted by Gasteiger charge is -2.12. The minimum atomic E-state index is -0.355. The average molecular weight is 476 g/mol. The maximum atomic E-state index is 12.9. The maximum Gasteiger partial charge on any atom is 0.237 e. The van der Waals surface area contributed by atoms with Crippen LogP contribution in [0.5, 0.6) is 0 Å². The molecule has 0 fully saturated rings. The van der Waals surface area contributed by atoms with Crippen LogP contribution in [0.15, 0.2) is 71.9 Å². The first-order valence-electron chi connectivity index (χ1n) is 10.8. The second kappa shape index (κ2) is 9.86. The van der Waals surface area contributed by atoms with Gasteiger partial charge in [0.05, 0.1) is 16.6 Å². The quantitative estimate of drug-likeness (QED) is 0.285. The van der Waals surface area contributed by atoms with Crippen molar-refractivity contribution in [1.82, 2.24) is 9.97 Å². The first kappa shape index (κ1) is 23.1. The molecule has 1 aromatic heterocycles. The molecule has 4 rings (SSSR count). The number of nitrogens with one attached hydrogen (secondary N) is 2. The van der Waals surface area contributed by atoms with E-state index in [0.717, 1.165) is 33.8 Å². The Bertz CT molecular complexity index is 1220. The molecule has 0 saturated carbocycles. The van der Waals surface area contributed by atoms with Gasteiger partial charge in [0.15, 0.2) is 5.16 Å². The SMILES string of the molecule is Cc1ccc(-c2nc(SC(C)C(=O)Nc3cc(Cl)ccc3C)[nH]c2-c2ccc(C)cc2)cc1. The summed E-state index contributed by atoms with van der Waals surface area (Å²) >= 11 is 7.49. The molecule has 1 amide bonds. The minimum absolute atomic E-state index is 0.101. The number of hydrogen-bond donors (Lipinski definition) is 2. The Labute approximate surface area is 203 Å².